The average Bonchev–Trinajstić information content (AvgIpc) is 4.03. The highest BCUT2D eigenvalue weighted by atomic mass is 35.5. The molecule has 20 heteroatoms. The number of azo groups is 2. The Morgan fingerprint density at radius 1 is 0.661 bits per heavy atom. The van der Waals surface area contributed by atoms with Crippen LogP contribution in [0.5, 0.6) is 0 Å². The lowest BCUT2D eigenvalue weighted by Crippen LogP contribution is -2.21. The van der Waals surface area contributed by atoms with E-state index in [1.54, 1.807) is 11.8 Å². The van der Waals surface area contributed by atoms with E-state index in [-0.39, 0.29) is 0 Å². The van der Waals surface area contributed by atoms with Crippen LogP contribution in [0, 0.1) is 0 Å². The van der Waals surface area contributed by atoms with Crippen molar-refractivity contribution in [2.75, 3.05) is 46.6 Å². The van der Waals surface area contributed by atoms with Gasteiger partial charge in [-0.1, -0.05) is 54.2 Å². The number of anilines is 6. The van der Waals surface area contributed by atoms with Crippen molar-refractivity contribution in [2.45, 2.75) is 70.2 Å². The van der Waals surface area contributed by atoms with Crippen molar-refractivity contribution in [1.29, 1.82) is 0 Å². The minimum atomic E-state index is 0.372. The third-order valence-electron chi connectivity index (χ3n) is 9.96. The summed E-state index contributed by atoms with van der Waals surface area (Å²) >= 11 is 20.2. The molecule has 5 aromatic heterocycles. The molecule has 306 valence electrons. The molecule has 13 nitrogen and oxygen atoms in total. The summed E-state index contributed by atoms with van der Waals surface area (Å²) in [5, 5.41) is 34.7. The molecule has 7 aromatic rings. The molecule has 1 aliphatic carbocycles. The molecule has 1 fully saturated rings. The summed E-state index contributed by atoms with van der Waals surface area (Å²) in [6, 6.07) is 12.2. The zero-order chi connectivity index (χ0) is 40.9. The van der Waals surface area contributed by atoms with Gasteiger partial charge in [0.15, 0.2) is 15.2 Å². The largest absolute Gasteiger partial charge is 0.372 e. The lowest BCUT2D eigenvalue weighted by molar-refractivity contribution is 0.515. The van der Waals surface area contributed by atoms with Gasteiger partial charge in [-0.3, -0.25) is 0 Å². The molecule has 8 rings (SSSR count). The molecule has 2 N–H and O–H groups in total. The molecule has 0 radical (unpaired) electrons. The number of benzene rings is 2. The standard InChI is InChI=1S/C39H41Cl2N13S5/c1-5-53(6-2)22-14-16-27(47-49-33-31-25(40)20-55-35(31)51-58-33)29(18-22)42-37-44-38(46-39(45-37)57-24-12-10-9-11-13-24)43-30-19-23(54(7-3)8-4)15-17-28(30)48-50-34-32-26(41)21-56-36(32)52-59-34/h14-21,24H,5-13H2,1-4H3,(H2,42,43,44,45,46)/b49-47+,50-48+. The van der Waals surface area contributed by atoms with Gasteiger partial charge in [-0.2, -0.15) is 23.7 Å². The fourth-order valence-corrected chi connectivity index (χ4v) is 12.1. The number of thioether (sulfide) groups is 1. The van der Waals surface area contributed by atoms with E-state index in [2.05, 4.69) is 91.4 Å². The van der Waals surface area contributed by atoms with Gasteiger partial charge in [-0.05, 0) is 100.0 Å². The lowest BCUT2D eigenvalue weighted by atomic mass is 10.0. The van der Waals surface area contributed by atoms with E-state index in [4.69, 9.17) is 48.4 Å². The molecule has 0 spiro atoms. The topological polar surface area (TPSA) is 144 Å². The molecule has 1 aliphatic rings. The number of hydrogen-bond acceptors (Lipinski definition) is 18. The molecule has 59 heavy (non-hydrogen) atoms. The Balaban J connectivity index is 1.18. The van der Waals surface area contributed by atoms with Crippen molar-refractivity contribution in [3.63, 3.8) is 0 Å². The molecule has 2 aromatic carbocycles. The van der Waals surface area contributed by atoms with Crippen LogP contribution < -0.4 is 20.4 Å². The van der Waals surface area contributed by atoms with Crippen LogP contribution >= 0.6 is 80.7 Å². The predicted octanol–water partition coefficient (Wildman–Crippen LogP) is 15.0. The summed E-state index contributed by atoms with van der Waals surface area (Å²) in [5.74, 6) is 0.745. The highest BCUT2D eigenvalue weighted by molar-refractivity contribution is 7.99. The normalized spacial score (nSPS) is 13.7. The molecule has 0 saturated heterocycles. The summed E-state index contributed by atoms with van der Waals surface area (Å²) in [6.07, 6.45) is 5.89. The summed E-state index contributed by atoms with van der Waals surface area (Å²) in [7, 11) is 0. The molecular weight excluding hydrogens is 882 g/mol. The van der Waals surface area contributed by atoms with Crippen molar-refractivity contribution in [3.05, 3.63) is 57.2 Å². The molecule has 1 saturated carbocycles. The Morgan fingerprint density at radius 3 is 1.59 bits per heavy atom. The fraction of sp³-hybridized carbons (Fsp3) is 0.359. The number of fused-ring (bicyclic) bond motifs is 2. The van der Waals surface area contributed by atoms with Crippen molar-refractivity contribution >= 4 is 157 Å². The molecule has 0 atom stereocenters. The van der Waals surface area contributed by atoms with E-state index in [1.165, 1.54) is 65.0 Å². The Bertz CT molecular complexity index is 2440. The fourth-order valence-electron chi connectivity index (χ4n) is 6.86. The van der Waals surface area contributed by atoms with Crippen molar-refractivity contribution in [2.24, 2.45) is 20.5 Å². The number of nitrogens with zero attached hydrogens (tertiary/aromatic N) is 11. The average molecular weight is 923 g/mol. The monoisotopic (exact) mass is 921 g/mol. The van der Waals surface area contributed by atoms with Crippen LogP contribution in [0.25, 0.3) is 20.4 Å². The van der Waals surface area contributed by atoms with E-state index in [9.17, 15) is 0 Å². The van der Waals surface area contributed by atoms with E-state index in [0.717, 1.165) is 70.8 Å². The number of rotatable bonds is 16. The second-order valence-electron chi connectivity index (χ2n) is 13.5. The number of halogens is 2. The van der Waals surface area contributed by atoms with E-state index >= 15 is 0 Å². The van der Waals surface area contributed by atoms with Crippen molar-refractivity contribution in [1.82, 2.24) is 23.7 Å². The van der Waals surface area contributed by atoms with Crippen LogP contribution in [-0.4, -0.2) is 55.1 Å². The SMILES string of the molecule is CCN(CC)c1ccc(/N=N/c2snc3scc(Cl)c23)c(Nc2nc(Nc3cc(N(CC)CC)ccc3/N=N/c3snc4scc(Cl)c34)nc(SC3CCCCC3)n2)c1. The van der Waals surface area contributed by atoms with E-state index in [0.29, 0.717) is 65.1 Å². The second-order valence-corrected chi connectivity index (χ2v) is 18.8. The van der Waals surface area contributed by atoms with Crippen LogP contribution in [0.1, 0.15) is 59.8 Å². The zero-order valence-electron chi connectivity index (χ0n) is 32.8. The van der Waals surface area contributed by atoms with Crippen LogP contribution in [0.15, 0.2) is 72.8 Å². The minimum absolute atomic E-state index is 0.372. The van der Waals surface area contributed by atoms with Crippen LogP contribution in [0.3, 0.4) is 0 Å². The Morgan fingerprint density at radius 2 is 1.14 bits per heavy atom. The Labute approximate surface area is 372 Å². The molecule has 0 amide bonds. The van der Waals surface area contributed by atoms with Crippen molar-refractivity contribution < 1.29 is 0 Å². The smallest absolute Gasteiger partial charge is 0.233 e. The third-order valence-corrected chi connectivity index (χ3v) is 15.5. The van der Waals surface area contributed by atoms with Gasteiger partial charge in [0.05, 0.1) is 32.2 Å². The van der Waals surface area contributed by atoms with E-state index < -0.39 is 0 Å². The number of hydrogen-bond donors (Lipinski definition) is 2. The number of thiophene rings is 2. The summed E-state index contributed by atoms with van der Waals surface area (Å²) in [4.78, 5) is 21.2. The maximum absolute atomic E-state index is 6.50. The highest BCUT2D eigenvalue weighted by Crippen LogP contribution is 2.43. The zero-order valence-corrected chi connectivity index (χ0v) is 38.4. The lowest BCUT2D eigenvalue weighted by Gasteiger charge is -2.23. The Hall–Kier alpha value is -4.04. The van der Waals surface area contributed by atoms with Gasteiger partial charge in [0.25, 0.3) is 0 Å². The van der Waals surface area contributed by atoms with Gasteiger partial charge in [-0.25, -0.2) is 0 Å². The Kier molecular flexibility index (Phi) is 13.5. The summed E-state index contributed by atoms with van der Waals surface area (Å²) in [6.45, 7) is 11.9. The van der Waals surface area contributed by atoms with Crippen molar-refractivity contribution in [3.8, 4) is 0 Å². The first-order valence-electron chi connectivity index (χ1n) is 19.5. The molecule has 0 bridgehead atoms. The number of aromatic nitrogens is 5. The van der Waals surface area contributed by atoms with Gasteiger partial charge >= 0.3 is 0 Å². The van der Waals surface area contributed by atoms with Crippen LogP contribution in [-0.2, 0) is 0 Å². The molecule has 0 aliphatic heterocycles. The summed E-state index contributed by atoms with van der Waals surface area (Å²) < 4.78 is 9.02. The van der Waals surface area contributed by atoms with Gasteiger partial charge in [0.2, 0.25) is 11.9 Å². The number of nitrogens with one attached hydrogen (secondary N) is 2. The third kappa shape index (κ3) is 9.48. The summed E-state index contributed by atoms with van der Waals surface area (Å²) in [5.41, 5.74) is 4.69. The van der Waals surface area contributed by atoms with Crippen LogP contribution in [0.2, 0.25) is 10.0 Å². The molecular formula is C39H41Cl2N13S5. The van der Waals surface area contributed by atoms with Gasteiger partial charge < -0.3 is 20.4 Å². The van der Waals surface area contributed by atoms with Gasteiger partial charge in [0, 0.05) is 53.6 Å². The first-order valence-corrected chi connectivity index (χ1v) is 24.4. The first kappa shape index (κ1) is 41.7. The predicted molar refractivity (Wildman–Crippen MR) is 252 cm³/mol. The van der Waals surface area contributed by atoms with E-state index in [1.807, 2.05) is 22.9 Å². The van der Waals surface area contributed by atoms with Gasteiger partial charge in [-0.15, -0.1) is 43.1 Å². The van der Waals surface area contributed by atoms with Gasteiger partial charge in [0.1, 0.15) is 21.0 Å². The highest BCUT2D eigenvalue weighted by Gasteiger charge is 2.20. The minimum Gasteiger partial charge on any atom is -0.372 e. The maximum atomic E-state index is 6.50. The second kappa shape index (κ2) is 19.1. The van der Waals surface area contributed by atoms with Crippen LogP contribution in [0.4, 0.5) is 56.0 Å². The molecule has 5 heterocycles. The first-order chi connectivity index (χ1) is 28.8. The maximum Gasteiger partial charge on any atom is 0.233 e. The molecule has 0 unspecified atom stereocenters. The quantitative estimate of drug-likeness (QED) is 0.0899.